The largest absolute Gasteiger partial charge is 0.493 e. The molecule has 1 amide bonds. The van der Waals surface area contributed by atoms with E-state index in [4.69, 9.17) is 14.0 Å². The van der Waals surface area contributed by atoms with E-state index in [1.165, 1.54) is 11.3 Å². The molecule has 7 heteroatoms. The highest BCUT2D eigenvalue weighted by atomic mass is 16.5. The predicted octanol–water partition coefficient (Wildman–Crippen LogP) is 4.46. The summed E-state index contributed by atoms with van der Waals surface area (Å²) in [5.41, 5.74) is 5.22. The summed E-state index contributed by atoms with van der Waals surface area (Å²) < 4.78 is 16.6. The van der Waals surface area contributed by atoms with Crippen LogP contribution >= 0.6 is 0 Å². The summed E-state index contributed by atoms with van der Waals surface area (Å²) in [7, 11) is 1.59. The highest BCUT2D eigenvalue weighted by Gasteiger charge is 2.24. The van der Waals surface area contributed by atoms with Crippen LogP contribution in [0.25, 0.3) is 6.08 Å². The number of methoxy groups -OCH3 is 1. The molecule has 1 aliphatic rings. The Morgan fingerprint density at radius 1 is 1.24 bits per heavy atom. The quantitative estimate of drug-likeness (QED) is 0.474. The summed E-state index contributed by atoms with van der Waals surface area (Å²) in [6.45, 7) is 7.67. The van der Waals surface area contributed by atoms with Gasteiger partial charge in [0.1, 0.15) is 12.4 Å². The molecule has 1 aromatic heterocycles. The lowest BCUT2D eigenvalue weighted by atomic mass is 10.1. The van der Waals surface area contributed by atoms with E-state index in [1.54, 1.807) is 19.3 Å². The summed E-state index contributed by atoms with van der Waals surface area (Å²) in [4.78, 5) is 14.7. The Morgan fingerprint density at radius 3 is 2.82 bits per heavy atom. The van der Waals surface area contributed by atoms with E-state index in [9.17, 15) is 4.79 Å². The molecule has 0 spiro atoms. The third kappa shape index (κ3) is 5.25. The van der Waals surface area contributed by atoms with Crippen LogP contribution in [0.3, 0.4) is 0 Å². The highest BCUT2D eigenvalue weighted by Crippen LogP contribution is 2.31. The minimum absolute atomic E-state index is 0.127. The van der Waals surface area contributed by atoms with Crippen molar-refractivity contribution in [1.29, 1.82) is 0 Å². The molecule has 2 heterocycles. The standard InChI is InChI=1S/C27H31N3O4/c1-18-15-22-7-5-6-8-24(22)30(18)14-13-28-27(31)12-10-21-9-11-25(26(16-21)32-4)33-17-23-19(2)29-34-20(23)3/h5-12,16,18H,13-15,17H2,1-4H3,(H,28,31). The van der Waals surface area contributed by atoms with Gasteiger partial charge in [-0.15, -0.1) is 0 Å². The molecule has 1 N–H and O–H groups in total. The van der Waals surface area contributed by atoms with E-state index in [2.05, 4.69) is 46.6 Å². The number of hydrogen-bond donors (Lipinski definition) is 1. The van der Waals surface area contributed by atoms with Crippen LogP contribution in [0.15, 0.2) is 53.1 Å². The van der Waals surface area contributed by atoms with E-state index in [1.807, 2.05) is 32.0 Å². The average molecular weight is 462 g/mol. The molecule has 4 rings (SSSR count). The molecular formula is C27H31N3O4. The van der Waals surface area contributed by atoms with E-state index < -0.39 is 0 Å². The average Bonchev–Trinajstić information content (AvgIpc) is 3.34. The van der Waals surface area contributed by atoms with Crippen LogP contribution in [0.1, 0.15) is 35.1 Å². The molecule has 1 unspecified atom stereocenters. The Labute approximate surface area is 200 Å². The minimum atomic E-state index is -0.127. The van der Waals surface area contributed by atoms with Crippen molar-refractivity contribution in [3.63, 3.8) is 0 Å². The zero-order valence-corrected chi connectivity index (χ0v) is 20.1. The SMILES string of the molecule is COc1cc(C=CC(=O)NCCN2c3ccccc3CC2C)ccc1OCc1c(C)noc1C. The number of ether oxygens (including phenoxy) is 2. The second kappa shape index (κ2) is 10.5. The van der Waals surface area contributed by atoms with Gasteiger partial charge in [0.2, 0.25) is 5.91 Å². The van der Waals surface area contributed by atoms with Crippen molar-refractivity contribution in [2.75, 3.05) is 25.1 Å². The smallest absolute Gasteiger partial charge is 0.244 e. The molecule has 0 aliphatic carbocycles. The van der Waals surface area contributed by atoms with Crippen molar-refractivity contribution < 1.29 is 18.8 Å². The molecule has 1 atom stereocenters. The Morgan fingerprint density at radius 2 is 2.06 bits per heavy atom. The fraction of sp³-hybridized carbons (Fsp3) is 0.333. The zero-order chi connectivity index (χ0) is 24.1. The molecule has 2 aromatic carbocycles. The van der Waals surface area contributed by atoms with Crippen molar-refractivity contribution in [2.45, 2.75) is 39.8 Å². The Balaban J connectivity index is 1.30. The lowest BCUT2D eigenvalue weighted by Crippen LogP contribution is -2.37. The van der Waals surface area contributed by atoms with Gasteiger partial charge >= 0.3 is 0 Å². The van der Waals surface area contributed by atoms with E-state index in [-0.39, 0.29) is 5.91 Å². The number of hydrogen-bond acceptors (Lipinski definition) is 6. The molecule has 7 nitrogen and oxygen atoms in total. The summed E-state index contributed by atoms with van der Waals surface area (Å²) >= 11 is 0. The van der Waals surface area contributed by atoms with Gasteiger partial charge in [0.05, 0.1) is 18.4 Å². The number of carbonyl (C=O) groups is 1. The maximum Gasteiger partial charge on any atom is 0.244 e. The van der Waals surface area contributed by atoms with Crippen LogP contribution in [0.4, 0.5) is 5.69 Å². The van der Waals surface area contributed by atoms with Crippen molar-refractivity contribution in [1.82, 2.24) is 10.5 Å². The van der Waals surface area contributed by atoms with Crippen molar-refractivity contribution in [3.8, 4) is 11.5 Å². The van der Waals surface area contributed by atoms with Gasteiger partial charge in [-0.2, -0.15) is 0 Å². The number of aryl methyl sites for hydroxylation is 2. The summed E-state index contributed by atoms with van der Waals surface area (Å²) in [6, 6.07) is 14.5. The van der Waals surface area contributed by atoms with Crippen LogP contribution in [-0.4, -0.2) is 37.3 Å². The summed E-state index contributed by atoms with van der Waals surface area (Å²) in [5.74, 6) is 1.82. The first-order valence-electron chi connectivity index (χ1n) is 11.5. The molecule has 1 aliphatic heterocycles. The van der Waals surface area contributed by atoms with Gasteiger partial charge in [-0.25, -0.2) is 0 Å². The van der Waals surface area contributed by atoms with E-state index in [0.717, 1.165) is 35.5 Å². The fourth-order valence-electron chi connectivity index (χ4n) is 4.27. The van der Waals surface area contributed by atoms with Crippen molar-refractivity contribution in [2.24, 2.45) is 0 Å². The number of amides is 1. The monoisotopic (exact) mass is 461 g/mol. The van der Waals surface area contributed by atoms with E-state index >= 15 is 0 Å². The normalized spacial score (nSPS) is 14.9. The lowest BCUT2D eigenvalue weighted by Gasteiger charge is -2.24. The third-order valence-corrected chi connectivity index (χ3v) is 6.17. The molecule has 3 aromatic rings. The van der Waals surface area contributed by atoms with Crippen molar-refractivity contribution >= 4 is 17.7 Å². The zero-order valence-electron chi connectivity index (χ0n) is 20.1. The topological polar surface area (TPSA) is 76.8 Å². The van der Waals surface area contributed by atoms with Gasteiger partial charge < -0.3 is 24.2 Å². The lowest BCUT2D eigenvalue weighted by molar-refractivity contribution is -0.116. The van der Waals surface area contributed by atoms with Crippen LogP contribution in [0.2, 0.25) is 0 Å². The van der Waals surface area contributed by atoms with Gasteiger partial charge in [-0.1, -0.05) is 29.4 Å². The van der Waals surface area contributed by atoms with Crippen molar-refractivity contribution in [3.05, 3.63) is 76.7 Å². The first kappa shape index (κ1) is 23.4. The fourth-order valence-corrected chi connectivity index (χ4v) is 4.27. The Bertz CT molecular complexity index is 1160. The van der Waals surface area contributed by atoms with Gasteiger partial charge in [0, 0.05) is 30.9 Å². The summed E-state index contributed by atoms with van der Waals surface area (Å²) in [6.07, 6.45) is 4.36. The summed E-state index contributed by atoms with van der Waals surface area (Å²) in [5, 5.41) is 6.93. The highest BCUT2D eigenvalue weighted by molar-refractivity contribution is 5.91. The molecule has 0 fully saturated rings. The number of nitrogens with one attached hydrogen (secondary N) is 1. The Hall–Kier alpha value is -3.74. The molecular weight excluding hydrogens is 430 g/mol. The van der Waals surface area contributed by atoms with Crippen LogP contribution in [0.5, 0.6) is 11.5 Å². The van der Waals surface area contributed by atoms with Crippen LogP contribution in [-0.2, 0) is 17.8 Å². The molecule has 0 radical (unpaired) electrons. The van der Waals surface area contributed by atoms with Gasteiger partial charge in [-0.05, 0) is 62.6 Å². The number of carbonyl (C=O) groups excluding carboxylic acids is 1. The maximum atomic E-state index is 12.3. The number of aromatic nitrogens is 1. The maximum absolute atomic E-state index is 12.3. The first-order chi connectivity index (χ1) is 16.5. The second-order valence-corrected chi connectivity index (χ2v) is 8.50. The van der Waals surface area contributed by atoms with Gasteiger partial charge in [0.15, 0.2) is 11.5 Å². The number of anilines is 1. The third-order valence-electron chi connectivity index (χ3n) is 6.17. The number of nitrogens with zero attached hydrogens (tertiary/aromatic N) is 2. The first-order valence-corrected chi connectivity index (χ1v) is 11.5. The number of para-hydroxylation sites is 1. The Kier molecular flexibility index (Phi) is 7.21. The van der Waals surface area contributed by atoms with E-state index in [0.29, 0.717) is 30.7 Å². The molecule has 0 bridgehead atoms. The van der Waals surface area contributed by atoms with Gasteiger partial charge in [0.25, 0.3) is 0 Å². The molecule has 34 heavy (non-hydrogen) atoms. The van der Waals surface area contributed by atoms with Gasteiger partial charge in [-0.3, -0.25) is 4.79 Å². The molecule has 0 saturated heterocycles. The van der Waals surface area contributed by atoms with Crippen LogP contribution < -0.4 is 19.7 Å². The minimum Gasteiger partial charge on any atom is -0.493 e. The molecule has 0 saturated carbocycles. The molecule has 178 valence electrons. The predicted molar refractivity (Wildman–Crippen MR) is 132 cm³/mol. The number of fused-ring (bicyclic) bond motifs is 1. The van der Waals surface area contributed by atoms with Crippen LogP contribution in [0, 0.1) is 13.8 Å². The number of rotatable bonds is 9. The number of benzene rings is 2. The second-order valence-electron chi connectivity index (χ2n) is 8.50.